The number of benzene rings is 1. The molecule has 0 bridgehead atoms. The van der Waals surface area contributed by atoms with Crippen LogP contribution in [0.4, 0.5) is 5.69 Å². The second-order valence-electron chi connectivity index (χ2n) is 2.72. The monoisotopic (exact) mass is 265 g/mol. The second kappa shape index (κ2) is 5.91. The lowest BCUT2D eigenvalue weighted by Crippen LogP contribution is -2.20. The van der Waals surface area contributed by atoms with E-state index in [9.17, 15) is 0 Å². The van der Waals surface area contributed by atoms with Gasteiger partial charge in [0.25, 0.3) is 0 Å². The maximum absolute atomic E-state index is 8.79. The molecule has 1 atom stereocenters. The highest BCUT2D eigenvalue weighted by Gasteiger charge is 2.06. The predicted molar refractivity (Wildman–Crippen MR) is 61.2 cm³/mol. The van der Waals surface area contributed by atoms with Gasteiger partial charge in [-0.15, -0.1) is 0 Å². The average Bonchev–Trinajstić information content (AvgIpc) is 2.26. The van der Waals surface area contributed by atoms with Gasteiger partial charge in [0.2, 0.25) is 0 Å². The Kier molecular flexibility index (Phi) is 4.48. The summed E-state index contributed by atoms with van der Waals surface area (Å²) in [7, 11) is 0. The summed E-state index contributed by atoms with van der Waals surface area (Å²) >= 11 is 3.35. The first-order valence-corrected chi connectivity index (χ1v) is 4.98. The Morgan fingerprint density at radius 3 is 2.93 bits per heavy atom. The molecule has 0 aliphatic carbocycles. The molecule has 1 N–H and O–H groups in total. The van der Waals surface area contributed by atoms with Crippen molar-refractivity contribution in [3.8, 4) is 6.07 Å². The Hall–Kier alpha value is -1.70. The fourth-order valence-corrected chi connectivity index (χ4v) is 1.40. The zero-order chi connectivity index (χ0) is 11.1. The molecule has 1 unspecified atom stereocenters. The number of azide groups is 1. The van der Waals surface area contributed by atoms with Gasteiger partial charge in [0.05, 0.1) is 12.6 Å². The molecule has 0 radical (unpaired) electrons. The summed E-state index contributed by atoms with van der Waals surface area (Å²) in [5.74, 6) is 0. The molecular formula is C9H8BrN5. The van der Waals surface area contributed by atoms with Gasteiger partial charge in [0, 0.05) is 15.1 Å². The number of hydrogen-bond acceptors (Lipinski definition) is 3. The molecule has 15 heavy (non-hydrogen) atoms. The van der Waals surface area contributed by atoms with Crippen molar-refractivity contribution in [2.45, 2.75) is 6.04 Å². The van der Waals surface area contributed by atoms with E-state index in [1.54, 1.807) is 0 Å². The molecule has 76 valence electrons. The first kappa shape index (κ1) is 11.4. The van der Waals surface area contributed by atoms with E-state index in [0.29, 0.717) is 0 Å². The number of halogens is 1. The largest absolute Gasteiger partial charge is 0.369 e. The summed E-state index contributed by atoms with van der Waals surface area (Å²) in [5.41, 5.74) is 8.95. The molecule has 0 heterocycles. The fourth-order valence-electron chi connectivity index (χ4n) is 1.00. The van der Waals surface area contributed by atoms with Gasteiger partial charge in [-0.05, 0) is 33.6 Å². The topological polar surface area (TPSA) is 84.6 Å². The highest BCUT2D eigenvalue weighted by molar-refractivity contribution is 9.10. The van der Waals surface area contributed by atoms with Crippen molar-refractivity contribution in [1.29, 1.82) is 5.26 Å². The van der Waals surface area contributed by atoms with Crippen LogP contribution in [0.3, 0.4) is 0 Å². The number of rotatable bonds is 4. The molecule has 0 aliphatic heterocycles. The Morgan fingerprint density at radius 1 is 1.60 bits per heavy atom. The predicted octanol–water partition coefficient (Wildman–Crippen LogP) is 3.06. The minimum absolute atomic E-state index is 0.105. The summed E-state index contributed by atoms with van der Waals surface area (Å²) in [6.07, 6.45) is 0. The molecule has 0 saturated carbocycles. The van der Waals surface area contributed by atoms with Crippen LogP contribution >= 0.6 is 15.9 Å². The van der Waals surface area contributed by atoms with E-state index in [2.05, 4.69) is 31.3 Å². The Bertz CT molecular complexity index is 419. The van der Waals surface area contributed by atoms with Crippen LogP contribution in [0.1, 0.15) is 0 Å². The minimum atomic E-state index is -0.514. The van der Waals surface area contributed by atoms with Gasteiger partial charge in [-0.25, -0.2) is 0 Å². The lowest BCUT2D eigenvalue weighted by Gasteiger charge is -2.11. The van der Waals surface area contributed by atoms with Crippen LogP contribution in [0.25, 0.3) is 10.4 Å². The van der Waals surface area contributed by atoms with Crippen LogP contribution in [0.15, 0.2) is 33.9 Å². The molecule has 5 nitrogen and oxygen atoms in total. The van der Waals surface area contributed by atoms with Crippen molar-refractivity contribution in [3.05, 3.63) is 39.2 Å². The maximum atomic E-state index is 8.79. The van der Waals surface area contributed by atoms with Gasteiger partial charge in [0.1, 0.15) is 6.04 Å². The first-order valence-electron chi connectivity index (χ1n) is 4.19. The standard InChI is InChI=1S/C9H8BrN5/c10-8-3-1-2-4-9(8)14-7(5-11)6-13-15-12/h1-4,7,14H,6H2. The third kappa shape index (κ3) is 3.50. The van der Waals surface area contributed by atoms with Gasteiger partial charge < -0.3 is 5.32 Å². The summed E-state index contributed by atoms with van der Waals surface area (Å²) in [6, 6.07) is 8.94. The fraction of sp³-hybridized carbons (Fsp3) is 0.222. The summed E-state index contributed by atoms with van der Waals surface area (Å²) in [5, 5.41) is 15.1. The SMILES string of the molecule is N#CC(CN=[N+]=[N-])Nc1ccccc1Br. The quantitative estimate of drug-likeness (QED) is 0.516. The number of anilines is 1. The maximum Gasteiger partial charge on any atom is 0.120 e. The lowest BCUT2D eigenvalue weighted by atomic mass is 10.2. The highest BCUT2D eigenvalue weighted by atomic mass is 79.9. The van der Waals surface area contributed by atoms with E-state index >= 15 is 0 Å². The van der Waals surface area contributed by atoms with Gasteiger partial charge in [0.15, 0.2) is 0 Å². The smallest absolute Gasteiger partial charge is 0.120 e. The Morgan fingerprint density at radius 2 is 2.33 bits per heavy atom. The van der Waals surface area contributed by atoms with Crippen molar-refractivity contribution in [2.24, 2.45) is 5.11 Å². The highest BCUT2D eigenvalue weighted by Crippen LogP contribution is 2.21. The molecule has 0 amide bonds. The minimum Gasteiger partial charge on any atom is -0.369 e. The van der Waals surface area contributed by atoms with Gasteiger partial charge in [-0.2, -0.15) is 5.26 Å². The van der Waals surface area contributed by atoms with Crippen LogP contribution in [0.2, 0.25) is 0 Å². The van der Waals surface area contributed by atoms with Crippen LogP contribution in [0.5, 0.6) is 0 Å². The molecule has 1 aromatic carbocycles. The number of nitrogens with one attached hydrogen (secondary N) is 1. The van der Waals surface area contributed by atoms with E-state index in [4.69, 9.17) is 10.8 Å². The van der Waals surface area contributed by atoms with Crippen LogP contribution in [0, 0.1) is 11.3 Å². The Balaban J connectivity index is 2.72. The van der Waals surface area contributed by atoms with Crippen molar-refractivity contribution in [3.63, 3.8) is 0 Å². The van der Waals surface area contributed by atoms with E-state index in [-0.39, 0.29) is 6.54 Å². The normalized spacial score (nSPS) is 10.9. The summed E-state index contributed by atoms with van der Waals surface area (Å²) < 4.78 is 0.867. The van der Waals surface area contributed by atoms with Crippen LogP contribution < -0.4 is 5.32 Å². The number of nitriles is 1. The molecule has 0 saturated heterocycles. The molecule has 1 aromatic rings. The van der Waals surface area contributed by atoms with Gasteiger partial charge in [-0.1, -0.05) is 17.2 Å². The summed E-state index contributed by atoms with van der Waals surface area (Å²) in [6.45, 7) is 0.105. The van der Waals surface area contributed by atoms with E-state index in [1.165, 1.54) is 0 Å². The van der Waals surface area contributed by atoms with Gasteiger partial charge >= 0.3 is 0 Å². The molecule has 1 rings (SSSR count). The first-order chi connectivity index (χ1) is 7.27. The van der Waals surface area contributed by atoms with E-state index < -0.39 is 6.04 Å². The average molecular weight is 266 g/mol. The van der Waals surface area contributed by atoms with E-state index in [1.807, 2.05) is 30.3 Å². The third-order valence-corrected chi connectivity index (χ3v) is 2.38. The molecule has 0 spiro atoms. The summed E-state index contributed by atoms with van der Waals surface area (Å²) in [4.78, 5) is 2.61. The van der Waals surface area contributed by atoms with Crippen LogP contribution in [-0.2, 0) is 0 Å². The van der Waals surface area contributed by atoms with Crippen molar-refractivity contribution >= 4 is 21.6 Å². The molecule has 0 fully saturated rings. The second-order valence-corrected chi connectivity index (χ2v) is 3.57. The third-order valence-electron chi connectivity index (χ3n) is 1.69. The molecule has 0 aliphatic rings. The van der Waals surface area contributed by atoms with Crippen molar-refractivity contribution < 1.29 is 0 Å². The Labute approximate surface area is 95.5 Å². The van der Waals surface area contributed by atoms with Crippen molar-refractivity contribution in [2.75, 3.05) is 11.9 Å². The zero-order valence-electron chi connectivity index (χ0n) is 7.76. The van der Waals surface area contributed by atoms with E-state index in [0.717, 1.165) is 10.2 Å². The number of nitrogens with zero attached hydrogens (tertiary/aromatic N) is 4. The van der Waals surface area contributed by atoms with Crippen molar-refractivity contribution in [1.82, 2.24) is 0 Å². The molecule has 0 aromatic heterocycles. The van der Waals surface area contributed by atoms with Crippen LogP contribution in [-0.4, -0.2) is 12.6 Å². The number of hydrogen-bond donors (Lipinski definition) is 1. The lowest BCUT2D eigenvalue weighted by molar-refractivity contribution is 0.879. The molecule has 6 heteroatoms. The molecular weight excluding hydrogens is 258 g/mol. The van der Waals surface area contributed by atoms with Gasteiger partial charge in [-0.3, -0.25) is 0 Å². The number of para-hydroxylation sites is 1. The zero-order valence-corrected chi connectivity index (χ0v) is 9.35.